The van der Waals surface area contributed by atoms with Crippen molar-refractivity contribution in [3.8, 4) is 0 Å². The number of para-hydroxylation sites is 1. The number of H-pyrrole nitrogens is 1. The highest BCUT2D eigenvalue weighted by molar-refractivity contribution is 5.80. The molecule has 0 bridgehead atoms. The van der Waals surface area contributed by atoms with E-state index in [2.05, 4.69) is 56.2 Å². The molecule has 0 radical (unpaired) electrons. The topological polar surface area (TPSA) is 15.8 Å². The number of hydrogen-bond acceptors (Lipinski definition) is 0. The third-order valence-electron chi connectivity index (χ3n) is 3.66. The Morgan fingerprint density at radius 3 is 2.44 bits per heavy atom. The summed E-state index contributed by atoms with van der Waals surface area (Å²) in [4.78, 5) is 3.50. The van der Waals surface area contributed by atoms with E-state index in [9.17, 15) is 0 Å². The molecular weight excluding hydrogens is 196 g/mol. The van der Waals surface area contributed by atoms with Gasteiger partial charge >= 0.3 is 0 Å². The number of aromatic nitrogens is 1. The van der Waals surface area contributed by atoms with Crippen molar-refractivity contribution in [3.05, 3.63) is 36.0 Å². The molecule has 2 heteroatoms. The van der Waals surface area contributed by atoms with Gasteiger partial charge in [0.25, 0.3) is 0 Å². The minimum atomic E-state index is 1.08. The number of rotatable bonds is 4. The first-order valence-electron chi connectivity index (χ1n) is 6.07. The number of benzene rings is 1. The SMILES string of the molecule is CC[N+](C)(CC)Cc1cc2ccccc2[nH]1. The van der Waals surface area contributed by atoms with Crippen molar-refractivity contribution in [2.45, 2.75) is 20.4 Å². The number of aromatic amines is 1. The van der Waals surface area contributed by atoms with E-state index < -0.39 is 0 Å². The second-order valence-corrected chi connectivity index (χ2v) is 4.79. The summed E-state index contributed by atoms with van der Waals surface area (Å²) in [6.45, 7) is 7.94. The van der Waals surface area contributed by atoms with Crippen LogP contribution in [0.5, 0.6) is 0 Å². The van der Waals surface area contributed by atoms with Crippen LogP contribution in [0.3, 0.4) is 0 Å². The second kappa shape index (κ2) is 4.30. The Morgan fingerprint density at radius 2 is 1.81 bits per heavy atom. The molecule has 0 unspecified atom stereocenters. The van der Waals surface area contributed by atoms with Gasteiger partial charge in [-0.3, -0.25) is 0 Å². The van der Waals surface area contributed by atoms with Crippen molar-refractivity contribution in [3.63, 3.8) is 0 Å². The van der Waals surface area contributed by atoms with Crippen LogP contribution in [-0.2, 0) is 6.54 Å². The molecule has 0 aliphatic carbocycles. The molecule has 0 atom stereocenters. The van der Waals surface area contributed by atoms with Gasteiger partial charge in [-0.2, -0.15) is 0 Å². The summed E-state index contributed by atoms with van der Waals surface area (Å²) in [7, 11) is 2.31. The highest BCUT2D eigenvalue weighted by Gasteiger charge is 2.18. The van der Waals surface area contributed by atoms with Gasteiger partial charge in [0.2, 0.25) is 0 Å². The maximum atomic E-state index is 3.50. The Kier molecular flexibility index (Phi) is 3.01. The molecular formula is C14H21N2+. The average Bonchev–Trinajstić information content (AvgIpc) is 2.70. The van der Waals surface area contributed by atoms with E-state index in [1.54, 1.807) is 0 Å². The summed E-state index contributed by atoms with van der Waals surface area (Å²) in [6.07, 6.45) is 0. The largest absolute Gasteiger partial charge is 0.354 e. The van der Waals surface area contributed by atoms with Crippen molar-refractivity contribution in [1.82, 2.24) is 4.98 Å². The molecule has 2 nitrogen and oxygen atoms in total. The van der Waals surface area contributed by atoms with E-state index in [4.69, 9.17) is 0 Å². The van der Waals surface area contributed by atoms with Crippen LogP contribution in [-0.4, -0.2) is 29.6 Å². The van der Waals surface area contributed by atoms with Gasteiger partial charge in [0, 0.05) is 5.52 Å². The lowest BCUT2D eigenvalue weighted by molar-refractivity contribution is -0.919. The lowest BCUT2D eigenvalue weighted by Gasteiger charge is -2.31. The zero-order valence-electron chi connectivity index (χ0n) is 10.5. The van der Waals surface area contributed by atoms with Crippen molar-refractivity contribution < 1.29 is 4.48 Å². The van der Waals surface area contributed by atoms with Crippen molar-refractivity contribution in [1.29, 1.82) is 0 Å². The van der Waals surface area contributed by atoms with Crippen LogP contribution in [0.25, 0.3) is 10.9 Å². The average molecular weight is 217 g/mol. The summed E-state index contributed by atoms with van der Waals surface area (Å²) in [5, 5.41) is 1.32. The maximum absolute atomic E-state index is 3.50. The molecule has 0 spiro atoms. The van der Waals surface area contributed by atoms with Gasteiger partial charge in [-0.15, -0.1) is 0 Å². The van der Waals surface area contributed by atoms with Gasteiger partial charge in [0.05, 0.1) is 25.8 Å². The fourth-order valence-corrected chi connectivity index (χ4v) is 2.08. The van der Waals surface area contributed by atoms with E-state index in [1.807, 2.05) is 0 Å². The van der Waals surface area contributed by atoms with Gasteiger partial charge < -0.3 is 9.47 Å². The fourth-order valence-electron chi connectivity index (χ4n) is 2.08. The van der Waals surface area contributed by atoms with Crippen LogP contribution >= 0.6 is 0 Å². The monoisotopic (exact) mass is 217 g/mol. The molecule has 0 aliphatic rings. The lowest BCUT2D eigenvalue weighted by atomic mass is 10.2. The molecule has 1 heterocycles. The van der Waals surface area contributed by atoms with Crippen molar-refractivity contribution in [2.24, 2.45) is 0 Å². The Balaban J connectivity index is 2.27. The molecule has 16 heavy (non-hydrogen) atoms. The number of hydrogen-bond donors (Lipinski definition) is 1. The van der Waals surface area contributed by atoms with Crippen molar-refractivity contribution >= 4 is 10.9 Å². The molecule has 1 aromatic carbocycles. The van der Waals surface area contributed by atoms with E-state index in [-0.39, 0.29) is 0 Å². The number of fused-ring (bicyclic) bond motifs is 1. The Bertz CT molecular complexity index is 433. The minimum absolute atomic E-state index is 1.08. The second-order valence-electron chi connectivity index (χ2n) is 4.79. The van der Waals surface area contributed by atoms with Crippen molar-refractivity contribution in [2.75, 3.05) is 20.1 Å². The lowest BCUT2D eigenvalue weighted by Crippen LogP contribution is -2.42. The molecule has 0 aliphatic heterocycles. The summed E-state index contributed by atoms with van der Waals surface area (Å²) in [5.74, 6) is 0. The Morgan fingerprint density at radius 1 is 1.12 bits per heavy atom. The zero-order valence-corrected chi connectivity index (χ0v) is 10.5. The van der Waals surface area contributed by atoms with Crippen LogP contribution in [0.2, 0.25) is 0 Å². The molecule has 1 N–H and O–H groups in total. The van der Waals surface area contributed by atoms with Crippen LogP contribution in [0.15, 0.2) is 30.3 Å². The number of quaternary nitrogens is 1. The molecule has 0 saturated heterocycles. The quantitative estimate of drug-likeness (QED) is 0.757. The molecule has 0 saturated carbocycles. The van der Waals surface area contributed by atoms with Crippen LogP contribution in [0.4, 0.5) is 0 Å². The van der Waals surface area contributed by atoms with Gasteiger partial charge in [0.15, 0.2) is 0 Å². The molecule has 86 valence electrons. The Hall–Kier alpha value is -1.28. The van der Waals surface area contributed by atoms with Crippen LogP contribution in [0, 0.1) is 0 Å². The summed E-state index contributed by atoms with van der Waals surface area (Å²) < 4.78 is 1.09. The summed E-state index contributed by atoms with van der Waals surface area (Å²) in [5.41, 5.74) is 2.59. The Labute approximate surface area is 97.5 Å². The summed E-state index contributed by atoms with van der Waals surface area (Å²) >= 11 is 0. The molecule has 2 rings (SSSR count). The van der Waals surface area contributed by atoms with E-state index >= 15 is 0 Å². The normalized spacial score (nSPS) is 12.2. The first-order valence-corrected chi connectivity index (χ1v) is 6.07. The third-order valence-corrected chi connectivity index (χ3v) is 3.66. The van der Waals surface area contributed by atoms with Crippen LogP contribution in [0.1, 0.15) is 19.5 Å². The number of nitrogens with one attached hydrogen (secondary N) is 1. The first kappa shape index (κ1) is 11.2. The predicted molar refractivity (Wildman–Crippen MR) is 69.3 cm³/mol. The molecule has 0 amide bonds. The molecule has 2 aromatic rings. The predicted octanol–water partition coefficient (Wildman–Crippen LogP) is 3.15. The van der Waals surface area contributed by atoms with Gasteiger partial charge in [-0.25, -0.2) is 0 Å². The zero-order chi connectivity index (χ0) is 11.6. The summed E-state index contributed by atoms with van der Waals surface area (Å²) in [6, 6.07) is 10.7. The fraction of sp³-hybridized carbons (Fsp3) is 0.429. The third kappa shape index (κ3) is 2.12. The molecule has 1 aromatic heterocycles. The van der Waals surface area contributed by atoms with Gasteiger partial charge in [-0.05, 0) is 31.4 Å². The minimum Gasteiger partial charge on any atom is -0.354 e. The van der Waals surface area contributed by atoms with E-state index in [0.29, 0.717) is 0 Å². The smallest absolute Gasteiger partial charge is 0.119 e. The van der Waals surface area contributed by atoms with E-state index in [0.717, 1.165) is 11.0 Å². The number of nitrogens with zero attached hydrogens (tertiary/aromatic N) is 1. The first-order chi connectivity index (χ1) is 7.67. The van der Waals surface area contributed by atoms with Gasteiger partial charge in [0.1, 0.15) is 6.54 Å². The van der Waals surface area contributed by atoms with Gasteiger partial charge in [-0.1, -0.05) is 18.2 Å². The van der Waals surface area contributed by atoms with Crippen LogP contribution < -0.4 is 0 Å². The molecule has 0 fully saturated rings. The maximum Gasteiger partial charge on any atom is 0.119 e. The standard InChI is InChI=1S/C14H21N2/c1-4-16(3,5-2)11-13-10-12-8-6-7-9-14(12)15-13/h6-10,15H,4-5,11H2,1-3H3/q+1. The van der Waals surface area contributed by atoms with E-state index in [1.165, 1.54) is 29.7 Å². The highest BCUT2D eigenvalue weighted by Crippen LogP contribution is 2.18. The highest BCUT2D eigenvalue weighted by atomic mass is 15.3.